The number of piperidine rings is 1. The molecular weight excluding hydrogens is 650 g/mol. The third-order valence-corrected chi connectivity index (χ3v) is 7.61. The Morgan fingerprint density at radius 3 is 2.22 bits per heavy atom. The van der Waals surface area contributed by atoms with Gasteiger partial charge in [0.15, 0.2) is 0 Å². The van der Waals surface area contributed by atoms with Gasteiger partial charge in [0.2, 0.25) is 41.4 Å². The summed E-state index contributed by atoms with van der Waals surface area (Å²) >= 11 is 0. The number of ether oxygens (including phenoxy) is 2. The monoisotopic (exact) mass is 707 g/mol. The lowest BCUT2D eigenvalue weighted by molar-refractivity contribution is -0.144. The summed E-state index contributed by atoms with van der Waals surface area (Å²) in [7, 11) is 0. The molecule has 0 aliphatic carbocycles. The maximum atomic E-state index is 13.0. The van der Waals surface area contributed by atoms with Crippen LogP contribution in [-0.4, -0.2) is 124 Å². The van der Waals surface area contributed by atoms with Gasteiger partial charge in [-0.15, -0.1) is 0 Å². The van der Waals surface area contributed by atoms with Crippen LogP contribution < -0.4 is 31.9 Å². The normalized spacial score (nSPS) is 15.2. The highest BCUT2D eigenvalue weighted by molar-refractivity contribution is 5.95. The molecule has 1 saturated heterocycles. The Hall–Kier alpha value is -4.31. The van der Waals surface area contributed by atoms with Crippen molar-refractivity contribution in [3.8, 4) is 0 Å². The van der Waals surface area contributed by atoms with E-state index < -0.39 is 41.8 Å². The molecule has 1 heterocycles. The summed E-state index contributed by atoms with van der Waals surface area (Å²) in [6.45, 7) is 15.5. The van der Waals surface area contributed by atoms with Crippen molar-refractivity contribution >= 4 is 41.4 Å². The van der Waals surface area contributed by atoms with E-state index in [-0.39, 0.29) is 63.2 Å². The van der Waals surface area contributed by atoms with Crippen molar-refractivity contribution in [3.05, 3.63) is 24.8 Å². The molecule has 0 saturated carbocycles. The van der Waals surface area contributed by atoms with Crippen LogP contribution in [-0.2, 0) is 43.0 Å². The van der Waals surface area contributed by atoms with Gasteiger partial charge in [0.05, 0.1) is 26.4 Å². The Kier molecular flexibility index (Phi) is 21.7. The van der Waals surface area contributed by atoms with E-state index in [9.17, 15) is 33.6 Å². The minimum Gasteiger partial charge on any atom is -0.377 e. The van der Waals surface area contributed by atoms with Crippen molar-refractivity contribution in [3.63, 3.8) is 0 Å². The molecule has 282 valence electrons. The number of hydrogen-bond acceptors (Lipinski definition) is 9. The van der Waals surface area contributed by atoms with Crippen molar-refractivity contribution in [1.82, 2.24) is 36.8 Å². The minimum atomic E-state index is -0.846. The van der Waals surface area contributed by atoms with Gasteiger partial charge in [-0.2, -0.15) is 0 Å². The van der Waals surface area contributed by atoms with Crippen LogP contribution in [0.2, 0.25) is 0 Å². The third kappa shape index (κ3) is 18.5. The summed E-state index contributed by atoms with van der Waals surface area (Å²) in [5.41, 5.74) is 0.422. The number of hydrogen-bond donors (Lipinski definition) is 6. The summed E-state index contributed by atoms with van der Waals surface area (Å²) < 4.78 is 10.8. The zero-order valence-electron chi connectivity index (χ0n) is 30.0. The summed E-state index contributed by atoms with van der Waals surface area (Å²) in [5.74, 6) is -2.54. The van der Waals surface area contributed by atoms with Gasteiger partial charge in [0.1, 0.15) is 24.7 Å². The molecule has 0 bridgehead atoms. The van der Waals surface area contributed by atoms with E-state index in [1.165, 1.54) is 11.8 Å². The SMILES string of the molecule is C=CC(=O)N[C@@H](C)C(=O)N1CCCC[C@H]1C(=O)NCC(=O)N[C@@H](CCC(C)C)C(=O)NCCOCCOCC(=O)NCCCNC(=O)C(=C)C. The molecule has 1 aliphatic rings. The van der Waals surface area contributed by atoms with Crippen LogP contribution in [0.25, 0.3) is 0 Å². The Morgan fingerprint density at radius 1 is 0.840 bits per heavy atom. The number of rotatable bonds is 24. The Balaban J connectivity index is 2.41. The lowest BCUT2D eigenvalue weighted by Crippen LogP contribution is -2.57. The topological polar surface area (TPSA) is 213 Å². The first kappa shape index (κ1) is 43.7. The molecule has 16 heteroatoms. The van der Waals surface area contributed by atoms with E-state index >= 15 is 0 Å². The van der Waals surface area contributed by atoms with Gasteiger partial charge < -0.3 is 46.3 Å². The molecule has 1 aliphatic heterocycles. The Labute approximate surface area is 295 Å². The molecular formula is C34H57N7O9. The summed E-state index contributed by atoms with van der Waals surface area (Å²) in [6, 6.07) is -2.46. The number of amides is 7. The summed E-state index contributed by atoms with van der Waals surface area (Å²) in [5, 5.41) is 15.9. The second-order valence-corrected chi connectivity index (χ2v) is 12.5. The fraction of sp³-hybridized carbons (Fsp3) is 0.676. The average Bonchev–Trinajstić information content (AvgIpc) is 3.08. The average molecular weight is 708 g/mol. The van der Waals surface area contributed by atoms with Crippen molar-refractivity contribution < 1.29 is 43.0 Å². The van der Waals surface area contributed by atoms with Gasteiger partial charge in [0.25, 0.3) is 0 Å². The van der Waals surface area contributed by atoms with E-state index in [0.29, 0.717) is 57.3 Å². The van der Waals surface area contributed by atoms with Gasteiger partial charge >= 0.3 is 0 Å². The molecule has 6 N–H and O–H groups in total. The van der Waals surface area contributed by atoms with Crippen molar-refractivity contribution in [1.29, 1.82) is 0 Å². The molecule has 50 heavy (non-hydrogen) atoms. The molecule has 0 unspecified atom stereocenters. The van der Waals surface area contributed by atoms with Crippen molar-refractivity contribution in [2.24, 2.45) is 5.92 Å². The first-order valence-corrected chi connectivity index (χ1v) is 17.2. The first-order valence-electron chi connectivity index (χ1n) is 17.2. The largest absolute Gasteiger partial charge is 0.377 e. The molecule has 0 spiro atoms. The van der Waals surface area contributed by atoms with E-state index in [0.717, 1.165) is 12.5 Å². The lowest BCUT2D eigenvalue weighted by atomic mass is 10.00. The molecule has 0 aromatic carbocycles. The summed E-state index contributed by atoms with van der Waals surface area (Å²) in [4.78, 5) is 88.0. The second-order valence-electron chi connectivity index (χ2n) is 12.5. The highest BCUT2D eigenvalue weighted by Crippen LogP contribution is 2.18. The smallest absolute Gasteiger partial charge is 0.246 e. The van der Waals surface area contributed by atoms with Gasteiger partial charge in [-0.3, -0.25) is 33.6 Å². The van der Waals surface area contributed by atoms with Crippen molar-refractivity contribution in [2.75, 3.05) is 59.2 Å². The fourth-order valence-corrected chi connectivity index (χ4v) is 4.82. The van der Waals surface area contributed by atoms with Crippen LogP contribution in [0.4, 0.5) is 0 Å². The van der Waals surface area contributed by atoms with Gasteiger partial charge in [-0.1, -0.05) is 27.0 Å². The van der Waals surface area contributed by atoms with Crippen LogP contribution in [0, 0.1) is 5.92 Å². The fourth-order valence-electron chi connectivity index (χ4n) is 4.82. The van der Waals surface area contributed by atoms with Crippen LogP contribution >= 0.6 is 0 Å². The quantitative estimate of drug-likeness (QED) is 0.0560. The zero-order valence-corrected chi connectivity index (χ0v) is 30.0. The number of nitrogens with zero attached hydrogens (tertiary/aromatic N) is 1. The van der Waals surface area contributed by atoms with Crippen LogP contribution in [0.15, 0.2) is 24.8 Å². The molecule has 0 radical (unpaired) electrons. The second kappa shape index (κ2) is 24.8. The first-order chi connectivity index (χ1) is 23.8. The number of carbonyl (C=O) groups excluding carboxylic acids is 7. The van der Waals surface area contributed by atoms with Crippen LogP contribution in [0.3, 0.4) is 0 Å². The van der Waals surface area contributed by atoms with Gasteiger partial charge in [-0.25, -0.2) is 0 Å². The maximum absolute atomic E-state index is 13.0. The number of carbonyl (C=O) groups is 7. The minimum absolute atomic E-state index is 0.137. The van der Waals surface area contributed by atoms with E-state index in [1.54, 1.807) is 6.92 Å². The van der Waals surface area contributed by atoms with E-state index in [1.807, 2.05) is 13.8 Å². The maximum Gasteiger partial charge on any atom is 0.246 e. The summed E-state index contributed by atoms with van der Waals surface area (Å²) in [6.07, 6.45) is 4.57. The predicted molar refractivity (Wildman–Crippen MR) is 186 cm³/mol. The van der Waals surface area contributed by atoms with E-state index in [2.05, 4.69) is 45.1 Å². The van der Waals surface area contributed by atoms with Crippen molar-refractivity contribution in [2.45, 2.75) is 84.3 Å². The Bertz CT molecular complexity index is 1180. The highest BCUT2D eigenvalue weighted by atomic mass is 16.5. The highest BCUT2D eigenvalue weighted by Gasteiger charge is 2.34. The molecule has 1 fully saturated rings. The molecule has 0 aromatic rings. The number of nitrogens with one attached hydrogen (secondary N) is 6. The third-order valence-electron chi connectivity index (χ3n) is 7.61. The predicted octanol–water partition coefficient (Wildman–Crippen LogP) is -0.557. The van der Waals surface area contributed by atoms with Gasteiger partial charge in [0, 0.05) is 31.8 Å². The van der Waals surface area contributed by atoms with E-state index in [4.69, 9.17) is 9.47 Å². The van der Waals surface area contributed by atoms with Crippen LogP contribution in [0.5, 0.6) is 0 Å². The standard InChI is InChI=1S/C34H57N7O9/c1-7-28(42)39-25(6)34(48)41-17-9-8-11-27(41)33(47)38-21-29(43)40-26(13-12-23(2)3)32(46)37-16-18-49-19-20-50-22-30(44)35-14-10-15-36-31(45)24(4)5/h7,23,25-27H,1,4,8-22H2,2-3,5-6H3,(H,35,44)(H,36,45)(H,37,46)(H,38,47)(H,39,42)(H,40,43)/t25-,26-,27-/m0/s1. The number of likely N-dealkylation sites (tertiary alicyclic amines) is 1. The van der Waals surface area contributed by atoms with Gasteiger partial charge in [-0.05, 0) is 64.4 Å². The zero-order chi connectivity index (χ0) is 37.5. The molecule has 0 aromatic heterocycles. The molecule has 16 nitrogen and oxygen atoms in total. The van der Waals surface area contributed by atoms with Crippen LogP contribution in [0.1, 0.15) is 66.2 Å². The lowest BCUT2D eigenvalue weighted by Gasteiger charge is -2.36. The molecule has 7 amide bonds. The Morgan fingerprint density at radius 2 is 1.54 bits per heavy atom. The molecule has 1 rings (SSSR count). The molecule has 3 atom stereocenters.